The van der Waals surface area contributed by atoms with Gasteiger partial charge in [0.2, 0.25) is 0 Å². The van der Waals surface area contributed by atoms with E-state index >= 15 is 0 Å². The van der Waals surface area contributed by atoms with Crippen molar-refractivity contribution < 1.29 is 0 Å². The molecule has 17 heavy (non-hydrogen) atoms. The SMILES string of the molecule is CC(NC1CC1)c1nc2ccccc2c(=O)[nH]1. The number of nitrogens with one attached hydrogen (secondary N) is 2. The van der Waals surface area contributed by atoms with Crippen molar-refractivity contribution in [3.05, 3.63) is 40.4 Å². The molecule has 2 N–H and O–H groups in total. The smallest absolute Gasteiger partial charge is 0.258 e. The Balaban J connectivity index is 2.02. The molecule has 1 unspecified atom stereocenters. The highest BCUT2D eigenvalue weighted by atomic mass is 16.1. The molecular weight excluding hydrogens is 214 g/mol. The number of hydrogen-bond acceptors (Lipinski definition) is 3. The predicted octanol–water partition coefficient (Wildman–Crippen LogP) is 1.74. The normalized spacial score (nSPS) is 17.2. The van der Waals surface area contributed by atoms with Crippen molar-refractivity contribution in [1.82, 2.24) is 15.3 Å². The van der Waals surface area contributed by atoms with Gasteiger partial charge in [-0.05, 0) is 31.9 Å². The van der Waals surface area contributed by atoms with Crippen LogP contribution in [0.2, 0.25) is 0 Å². The maximum atomic E-state index is 11.9. The van der Waals surface area contributed by atoms with Crippen LogP contribution < -0.4 is 10.9 Å². The molecule has 1 aromatic heterocycles. The number of para-hydroxylation sites is 1. The minimum absolute atomic E-state index is 0.0601. The van der Waals surface area contributed by atoms with Gasteiger partial charge in [-0.1, -0.05) is 12.1 Å². The lowest BCUT2D eigenvalue weighted by Gasteiger charge is -2.12. The van der Waals surface area contributed by atoms with E-state index < -0.39 is 0 Å². The van der Waals surface area contributed by atoms with Crippen LogP contribution >= 0.6 is 0 Å². The largest absolute Gasteiger partial charge is 0.309 e. The van der Waals surface area contributed by atoms with Crippen LogP contribution in [0, 0.1) is 0 Å². The molecule has 1 heterocycles. The molecule has 4 nitrogen and oxygen atoms in total. The third kappa shape index (κ3) is 2.08. The first kappa shape index (κ1) is 10.5. The molecule has 4 heteroatoms. The molecule has 1 atom stereocenters. The van der Waals surface area contributed by atoms with Gasteiger partial charge in [-0.25, -0.2) is 4.98 Å². The molecule has 88 valence electrons. The topological polar surface area (TPSA) is 57.8 Å². The van der Waals surface area contributed by atoms with Crippen molar-refractivity contribution in [1.29, 1.82) is 0 Å². The summed E-state index contributed by atoms with van der Waals surface area (Å²) in [5, 5.41) is 4.08. The number of hydrogen-bond donors (Lipinski definition) is 2. The number of fused-ring (bicyclic) bond motifs is 1. The first-order valence-electron chi connectivity index (χ1n) is 5.99. The molecule has 1 aliphatic carbocycles. The molecule has 1 fully saturated rings. The highest BCUT2D eigenvalue weighted by Crippen LogP contribution is 2.22. The van der Waals surface area contributed by atoms with Crippen molar-refractivity contribution in [2.45, 2.75) is 31.8 Å². The average molecular weight is 229 g/mol. The van der Waals surface area contributed by atoms with Crippen LogP contribution in [0.1, 0.15) is 31.6 Å². The van der Waals surface area contributed by atoms with Crippen LogP contribution in [-0.4, -0.2) is 16.0 Å². The number of rotatable bonds is 3. The highest BCUT2D eigenvalue weighted by molar-refractivity contribution is 5.77. The Bertz CT molecular complexity index is 601. The van der Waals surface area contributed by atoms with Crippen molar-refractivity contribution in [2.75, 3.05) is 0 Å². The second kappa shape index (κ2) is 3.96. The Labute approximate surface area is 99.1 Å². The predicted molar refractivity (Wildman–Crippen MR) is 66.9 cm³/mol. The fourth-order valence-corrected chi connectivity index (χ4v) is 1.99. The molecule has 0 aliphatic heterocycles. The van der Waals surface area contributed by atoms with Gasteiger partial charge in [0.15, 0.2) is 0 Å². The molecule has 1 saturated carbocycles. The fraction of sp³-hybridized carbons (Fsp3) is 0.385. The van der Waals surface area contributed by atoms with Crippen LogP contribution in [0.5, 0.6) is 0 Å². The summed E-state index contributed by atoms with van der Waals surface area (Å²) in [5.74, 6) is 0.723. The zero-order valence-corrected chi connectivity index (χ0v) is 9.73. The first-order valence-corrected chi connectivity index (χ1v) is 5.99. The molecule has 0 amide bonds. The maximum Gasteiger partial charge on any atom is 0.258 e. The van der Waals surface area contributed by atoms with Crippen molar-refractivity contribution in [3.8, 4) is 0 Å². The number of benzene rings is 1. The minimum Gasteiger partial charge on any atom is -0.309 e. The van der Waals surface area contributed by atoms with Crippen molar-refractivity contribution >= 4 is 10.9 Å². The molecule has 0 saturated heterocycles. The van der Waals surface area contributed by atoms with Gasteiger partial charge < -0.3 is 10.3 Å². The Morgan fingerprint density at radius 1 is 1.41 bits per heavy atom. The second-order valence-corrected chi connectivity index (χ2v) is 4.63. The summed E-state index contributed by atoms with van der Waals surface area (Å²) in [4.78, 5) is 19.2. The number of aromatic nitrogens is 2. The van der Waals surface area contributed by atoms with Gasteiger partial charge in [0.1, 0.15) is 5.82 Å². The zero-order chi connectivity index (χ0) is 11.8. The summed E-state index contributed by atoms with van der Waals surface area (Å²) in [6, 6.07) is 8.12. The van der Waals surface area contributed by atoms with Crippen LogP contribution in [0.4, 0.5) is 0 Å². The molecule has 3 rings (SSSR count). The molecule has 0 bridgehead atoms. The highest BCUT2D eigenvalue weighted by Gasteiger charge is 2.24. The van der Waals surface area contributed by atoms with E-state index in [9.17, 15) is 4.79 Å². The second-order valence-electron chi connectivity index (χ2n) is 4.63. The van der Waals surface area contributed by atoms with Gasteiger partial charge in [-0.15, -0.1) is 0 Å². The lowest BCUT2D eigenvalue weighted by atomic mass is 10.2. The molecule has 2 aromatic rings. The van der Waals surface area contributed by atoms with Gasteiger partial charge >= 0.3 is 0 Å². The Kier molecular flexibility index (Phi) is 2.44. The fourth-order valence-electron chi connectivity index (χ4n) is 1.99. The van der Waals surface area contributed by atoms with E-state index in [1.54, 1.807) is 6.07 Å². The summed E-state index contributed by atoms with van der Waals surface area (Å²) in [6.45, 7) is 2.03. The summed E-state index contributed by atoms with van der Waals surface area (Å²) < 4.78 is 0. The first-order chi connectivity index (χ1) is 8.24. The molecular formula is C13H15N3O. The molecule has 1 aromatic carbocycles. The summed E-state index contributed by atoms with van der Waals surface area (Å²) in [5.41, 5.74) is 0.700. The van der Waals surface area contributed by atoms with Crippen LogP contribution in [0.15, 0.2) is 29.1 Å². The van der Waals surface area contributed by atoms with Gasteiger partial charge in [0.25, 0.3) is 5.56 Å². The molecule has 0 radical (unpaired) electrons. The Morgan fingerprint density at radius 2 is 2.18 bits per heavy atom. The Hall–Kier alpha value is -1.68. The summed E-state index contributed by atoms with van der Waals surface area (Å²) >= 11 is 0. The van der Waals surface area contributed by atoms with Gasteiger partial charge in [-0.3, -0.25) is 4.79 Å². The number of nitrogens with zero attached hydrogens (tertiary/aromatic N) is 1. The van der Waals surface area contributed by atoms with E-state index in [1.165, 1.54) is 12.8 Å². The lowest BCUT2D eigenvalue weighted by Crippen LogP contribution is -2.25. The van der Waals surface area contributed by atoms with Crippen LogP contribution in [0.3, 0.4) is 0 Å². The van der Waals surface area contributed by atoms with Crippen LogP contribution in [0.25, 0.3) is 10.9 Å². The van der Waals surface area contributed by atoms with Gasteiger partial charge in [-0.2, -0.15) is 0 Å². The number of H-pyrrole nitrogens is 1. The third-order valence-electron chi connectivity index (χ3n) is 3.10. The van der Waals surface area contributed by atoms with Crippen molar-refractivity contribution in [2.24, 2.45) is 0 Å². The monoisotopic (exact) mass is 229 g/mol. The zero-order valence-electron chi connectivity index (χ0n) is 9.73. The van der Waals surface area contributed by atoms with E-state index in [2.05, 4.69) is 15.3 Å². The van der Waals surface area contributed by atoms with E-state index in [1.807, 2.05) is 25.1 Å². The maximum absolute atomic E-state index is 11.9. The van der Waals surface area contributed by atoms with E-state index in [0.717, 1.165) is 11.3 Å². The third-order valence-corrected chi connectivity index (χ3v) is 3.10. The van der Waals surface area contributed by atoms with Crippen molar-refractivity contribution in [3.63, 3.8) is 0 Å². The quantitative estimate of drug-likeness (QED) is 0.842. The minimum atomic E-state index is -0.0601. The summed E-state index contributed by atoms with van der Waals surface area (Å²) in [6.07, 6.45) is 2.45. The van der Waals surface area contributed by atoms with Crippen LogP contribution in [-0.2, 0) is 0 Å². The number of aromatic amines is 1. The summed E-state index contributed by atoms with van der Waals surface area (Å²) in [7, 11) is 0. The van der Waals surface area contributed by atoms with Gasteiger partial charge in [0, 0.05) is 6.04 Å². The van der Waals surface area contributed by atoms with E-state index in [-0.39, 0.29) is 11.6 Å². The molecule has 0 spiro atoms. The van der Waals surface area contributed by atoms with E-state index in [0.29, 0.717) is 11.4 Å². The molecule has 1 aliphatic rings. The van der Waals surface area contributed by atoms with Gasteiger partial charge in [0.05, 0.1) is 16.9 Å². The van der Waals surface area contributed by atoms with E-state index in [4.69, 9.17) is 0 Å². The standard InChI is InChI=1S/C13H15N3O/c1-8(14-9-6-7-9)12-15-11-5-3-2-4-10(11)13(17)16-12/h2-5,8-9,14H,6-7H2,1H3,(H,15,16,17). The average Bonchev–Trinajstić information content (AvgIpc) is 3.13. The lowest BCUT2D eigenvalue weighted by molar-refractivity contribution is 0.543. The Morgan fingerprint density at radius 3 is 2.94 bits per heavy atom.